The summed E-state index contributed by atoms with van der Waals surface area (Å²) < 4.78 is 0. The minimum atomic E-state index is 0.366. The highest BCUT2D eigenvalue weighted by molar-refractivity contribution is 9.08. The monoisotopic (exact) mass is 382 g/mol. The Balaban J connectivity index is 2.58. The summed E-state index contributed by atoms with van der Waals surface area (Å²) in [5.74, 6) is 0. The zero-order valence-corrected chi connectivity index (χ0v) is 13.6. The summed E-state index contributed by atoms with van der Waals surface area (Å²) in [7, 11) is 0. The average Bonchev–Trinajstić information content (AvgIpc) is 2.34. The van der Waals surface area contributed by atoms with Crippen LogP contribution in [0.25, 0.3) is 11.1 Å². The third-order valence-electron chi connectivity index (χ3n) is 2.43. The molecule has 0 aliphatic carbocycles. The summed E-state index contributed by atoms with van der Waals surface area (Å²) in [6.45, 7) is 0. The van der Waals surface area contributed by atoms with Gasteiger partial charge in [0.25, 0.3) is 0 Å². The number of benzene rings is 2. The molecule has 5 heteroatoms. The highest BCUT2D eigenvalue weighted by Crippen LogP contribution is 2.36. The lowest BCUT2D eigenvalue weighted by molar-refractivity contribution is 1.43. The fourth-order valence-corrected chi connectivity index (χ4v) is 2.79. The Bertz CT molecular complexity index is 573. The first-order valence-electron chi connectivity index (χ1n) is 5.01. The van der Waals surface area contributed by atoms with Crippen LogP contribution in [0.1, 0.15) is 5.56 Å². The molecule has 0 amide bonds. The van der Waals surface area contributed by atoms with Gasteiger partial charge in [0.2, 0.25) is 0 Å². The molecule has 0 saturated heterocycles. The summed E-state index contributed by atoms with van der Waals surface area (Å²) >= 11 is 27.5. The summed E-state index contributed by atoms with van der Waals surface area (Å²) in [6.07, 6.45) is 0. The quantitative estimate of drug-likeness (QED) is 0.391. The first-order chi connectivity index (χ1) is 8.51. The molecular formula is C13H7BrCl4. The molecule has 0 aliphatic heterocycles. The third kappa shape index (κ3) is 3.15. The molecule has 0 aromatic heterocycles. The molecule has 94 valence electrons. The normalized spacial score (nSPS) is 10.7. The molecule has 18 heavy (non-hydrogen) atoms. The van der Waals surface area contributed by atoms with E-state index in [2.05, 4.69) is 15.9 Å². The van der Waals surface area contributed by atoms with Gasteiger partial charge in [-0.3, -0.25) is 0 Å². The predicted molar refractivity (Wildman–Crippen MR) is 84.5 cm³/mol. The average molecular weight is 385 g/mol. The van der Waals surface area contributed by atoms with E-state index < -0.39 is 0 Å². The van der Waals surface area contributed by atoms with Crippen LogP contribution >= 0.6 is 62.3 Å². The van der Waals surface area contributed by atoms with E-state index in [1.54, 1.807) is 12.1 Å². The molecule has 0 aliphatic rings. The maximum Gasteiger partial charge on any atom is 0.0778 e. The Kier molecular flexibility index (Phi) is 4.85. The lowest BCUT2D eigenvalue weighted by Gasteiger charge is -2.08. The number of alkyl halides is 1. The maximum absolute atomic E-state index is 6.08. The highest BCUT2D eigenvalue weighted by atomic mass is 79.9. The van der Waals surface area contributed by atoms with Crippen LogP contribution in [0.2, 0.25) is 20.1 Å². The van der Waals surface area contributed by atoms with Crippen molar-refractivity contribution in [1.29, 1.82) is 0 Å². The zero-order chi connectivity index (χ0) is 13.3. The van der Waals surface area contributed by atoms with Crippen LogP contribution < -0.4 is 0 Å². The molecule has 0 saturated carbocycles. The summed E-state index contributed by atoms with van der Waals surface area (Å²) in [5.41, 5.74) is 2.93. The number of hydrogen-bond donors (Lipinski definition) is 0. The third-order valence-corrected chi connectivity index (χ3v) is 4.49. The van der Waals surface area contributed by atoms with E-state index in [9.17, 15) is 0 Å². The molecule has 0 spiro atoms. The molecule has 0 bridgehead atoms. The summed E-state index contributed by atoms with van der Waals surface area (Å²) in [5, 5.41) is 2.63. The van der Waals surface area contributed by atoms with Crippen LogP contribution in [0.5, 0.6) is 0 Å². The maximum atomic E-state index is 6.08. The molecule has 0 atom stereocenters. The van der Waals surface area contributed by atoms with Crippen LogP contribution in [0.15, 0.2) is 30.3 Å². The van der Waals surface area contributed by atoms with Crippen LogP contribution in [0, 0.1) is 0 Å². The van der Waals surface area contributed by atoms with Crippen molar-refractivity contribution in [3.05, 3.63) is 56.0 Å². The largest absolute Gasteiger partial charge is 0.0876 e. The van der Waals surface area contributed by atoms with Gasteiger partial charge in [0.15, 0.2) is 0 Å². The van der Waals surface area contributed by atoms with Crippen molar-refractivity contribution >= 4 is 62.3 Å². The van der Waals surface area contributed by atoms with E-state index in [0.717, 1.165) is 22.0 Å². The van der Waals surface area contributed by atoms with Gasteiger partial charge in [-0.1, -0.05) is 68.4 Å². The minimum Gasteiger partial charge on any atom is -0.0876 e. The van der Waals surface area contributed by atoms with Gasteiger partial charge in [-0.25, -0.2) is 0 Å². The van der Waals surface area contributed by atoms with Gasteiger partial charge < -0.3 is 0 Å². The van der Waals surface area contributed by atoms with E-state index in [1.807, 2.05) is 18.2 Å². The van der Waals surface area contributed by atoms with E-state index in [4.69, 9.17) is 46.4 Å². The molecule has 0 nitrogen and oxygen atoms in total. The molecular weight excluding hydrogens is 378 g/mol. The number of halogens is 5. The second-order valence-corrected chi connectivity index (χ2v) is 5.93. The number of hydrogen-bond acceptors (Lipinski definition) is 0. The molecule has 2 rings (SSSR count). The molecule has 0 radical (unpaired) electrons. The van der Waals surface area contributed by atoms with Crippen molar-refractivity contribution in [2.24, 2.45) is 0 Å². The van der Waals surface area contributed by atoms with Gasteiger partial charge in [-0.15, -0.1) is 0 Å². The van der Waals surface area contributed by atoms with Crippen molar-refractivity contribution in [1.82, 2.24) is 0 Å². The van der Waals surface area contributed by atoms with E-state index >= 15 is 0 Å². The van der Waals surface area contributed by atoms with Gasteiger partial charge in [0.05, 0.1) is 15.1 Å². The topological polar surface area (TPSA) is 0 Å². The van der Waals surface area contributed by atoms with Crippen LogP contribution in [0.4, 0.5) is 0 Å². The highest BCUT2D eigenvalue weighted by Gasteiger charge is 2.08. The minimum absolute atomic E-state index is 0.366. The lowest BCUT2D eigenvalue weighted by Crippen LogP contribution is -1.84. The van der Waals surface area contributed by atoms with Crippen molar-refractivity contribution in [2.75, 3.05) is 0 Å². The zero-order valence-electron chi connectivity index (χ0n) is 8.98. The predicted octanol–water partition coefficient (Wildman–Crippen LogP) is 6.86. The fraction of sp³-hybridized carbons (Fsp3) is 0.0769. The van der Waals surface area contributed by atoms with Gasteiger partial charge in [0, 0.05) is 10.4 Å². The van der Waals surface area contributed by atoms with Crippen LogP contribution in [-0.4, -0.2) is 0 Å². The van der Waals surface area contributed by atoms with Gasteiger partial charge >= 0.3 is 0 Å². The standard InChI is InChI=1S/C13H7BrCl4/c14-6-7-1-8(3-10(15)2-7)9-4-11(16)13(18)12(17)5-9/h1-5H,6H2. The summed E-state index contributed by atoms with van der Waals surface area (Å²) in [4.78, 5) is 0. The Hall–Kier alpha value is 0.0800. The summed E-state index contributed by atoms with van der Waals surface area (Å²) in [6, 6.07) is 9.35. The SMILES string of the molecule is Clc1cc(CBr)cc(-c2cc(Cl)c(Cl)c(Cl)c2)c1. The second kappa shape index (κ2) is 6.02. The lowest BCUT2D eigenvalue weighted by atomic mass is 10.0. The van der Waals surface area contributed by atoms with E-state index in [-0.39, 0.29) is 0 Å². The Morgan fingerprint density at radius 1 is 0.778 bits per heavy atom. The molecule has 2 aromatic carbocycles. The smallest absolute Gasteiger partial charge is 0.0778 e. The van der Waals surface area contributed by atoms with Crippen molar-refractivity contribution in [3.8, 4) is 11.1 Å². The Morgan fingerprint density at radius 3 is 1.89 bits per heavy atom. The first-order valence-corrected chi connectivity index (χ1v) is 7.65. The molecule has 0 unspecified atom stereocenters. The first kappa shape index (κ1) is 14.5. The van der Waals surface area contributed by atoms with Crippen molar-refractivity contribution in [2.45, 2.75) is 5.33 Å². The molecule has 2 aromatic rings. The van der Waals surface area contributed by atoms with E-state index in [0.29, 0.717) is 20.1 Å². The Labute approximate surface area is 134 Å². The van der Waals surface area contributed by atoms with Gasteiger partial charge in [-0.2, -0.15) is 0 Å². The Morgan fingerprint density at radius 2 is 1.33 bits per heavy atom. The van der Waals surface area contributed by atoms with Crippen molar-refractivity contribution < 1.29 is 0 Å². The van der Waals surface area contributed by atoms with Crippen LogP contribution in [0.3, 0.4) is 0 Å². The van der Waals surface area contributed by atoms with Gasteiger partial charge in [0.1, 0.15) is 0 Å². The fourth-order valence-electron chi connectivity index (χ4n) is 1.62. The van der Waals surface area contributed by atoms with Gasteiger partial charge in [-0.05, 0) is 41.0 Å². The van der Waals surface area contributed by atoms with E-state index in [1.165, 1.54) is 0 Å². The van der Waals surface area contributed by atoms with Crippen LogP contribution in [-0.2, 0) is 5.33 Å². The molecule has 0 heterocycles. The molecule has 0 fully saturated rings. The second-order valence-electron chi connectivity index (χ2n) is 3.74. The van der Waals surface area contributed by atoms with Crippen molar-refractivity contribution in [3.63, 3.8) is 0 Å². The number of rotatable bonds is 2. The molecule has 0 N–H and O–H groups in total.